The summed E-state index contributed by atoms with van der Waals surface area (Å²) in [6.45, 7) is 1.34. The van der Waals surface area contributed by atoms with Gasteiger partial charge in [-0.05, 0) is 18.2 Å². The molecule has 1 atom stereocenters. The zero-order valence-electron chi connectivity index (χ0n) is 10.7. The minimum Gasteiger partial charge on any atom is -0.398 e. The Balaban J connectivity index is 2.03. The number of nitrogen functional groups attached to an aromatic ring is 1. The zero-order valence-corrected chi connectivity index (χ0v) is 10.7. The van der Waals surface area contributed by atoms with Gasteiger partial charge >= 0.3 is 0 Å². The summed E-state index contributed by atoms with van der Waals surface area (Å²) in [5, 5.41) is 2.71. The van der Waals surface area contributed by atoms with Gasteiger partial charge in [0.05, 0.1) is 12.2 Å². The van der Waals surface area contributed by atoms with Crippen molar-refractivity contribution in [3.05, 3.63) is 29.6 Å². The van der Waals surface area contributed by atoms with E-state index in [0.717, 1.165) is 6.07 Å². The molecule has 5 nitrogen and oxygen atoms in total. The number of carbonyl (C=O) groups excluding carboxylic acids is 1. The molecule has 104 valence electrons. The maximum Gasteiger partial charge on any atom is 0.253 e. The monoisotopic (exact) mass is 268 g/mol. The number of halogens is 1. The minimum absolute atomic E-state index is 0.130. The highest BCUT2D eigenvalue weighted by Crippen LogP contribution is 2.22. The van der Waals surface area contributed by atoms with Crippen LogP contribution in [-0.2, 0) is 9.47 Å². The van der Waals surface area contributed by atoms with Crippen LogP contribution >= 0.6 is 0 Å². The normalized spacial score (nSPS) is 22.4. The molecular formula is C13H17FN2O3. The maximum atomic E-state index is 13.1. The highest BCUT2D eigenvalue weighted by atomic mass is 19.1. The Hall–Kier alpha value is -1.66. The molecule has 1 aliphatic rings. The molecule has 0 radical (unpaired) electrons. The quantitative estimate of drug-likeness (QED) is 0.797. The number of methoxy groups -OCH3 is 1. The van der Waals surface area contributed by atoms with Crippen molar-refractivity contribution in [3.8, 4) is 0 Å². The number of hydrogen-bond acceptors (Lipinski definition) is 4. The predicted octanol–water partition coefficient (Wildman–Crippen LogP) is 0.943. The first kappa shape index (κ1) is 13.8. The first-order chi connectivity index (χ1) is 9.06. The van der Waals surface area contributed by atoms with E-state index in [2.05, 4.69) is 5.32 Å². The summed E-state index contributed by atoms with van der Waals surface area (Å²) < 4.78 is 23.8. The molecule has 0 bridgehead atoms. The van der Waals surface area contributed by atoms with Crippen LogP contribution in [0.3, 0.4) is 0 Å². The van der Waals surface area contributed by atoms with Gasteiger partial charge in [-0.15, -0.1) is 0 Å². The lowest BCUT2D eigenvalue weighted by molar-refractivity contribution is -0.0148. The Labute approximate surface area is 110 Å². The van der Waals surface area contributed by atoms with E-state index < -0.39 is 17.3 Å². The van der Waals surface area contributed by atoms with Crippen molar-refractivity contribution in [1.29, 1.82) is 0 Å². The number of ether oxygens (including phenoxy) is 2. The fourth-order valence-electron chi connectivity index (χ4n) is 2.02. The van der Waals surface area contributed by atoms with Gasteiger partial charge < -0.3 is 20.5 Å². The molecule has 1 unspecified atom stereocenters. The smallest absolute Gasteiger partial charge is 0.253 e. The van der Waals surface area contributed by atoms with Gasteiger partial charge in [0.1, 0.15) is 11.4 Å². The summed E-state index contributed by atoms with van der Waals surface area (Å²) in [6.07, 6.45) is 0.711. The second-order valence-corrected chi connectivity index (χ2v) is 4.60. The van der Waals surface area contributed by atoms with E-state index >= 15 is 0 Å². The standard InChI is InChI=1S/C13H17FN2O3/c1-18-13(4-5-19-8-13)7-16-12(17)10-6-9(14)2-3-11(10)15/h2-3,6H,4-5,7-8,15H2,1H3,(H,16,17). The minimum atomic E-state index is -0.502. The van der Waals surface area contributed by atoms with Gasteiger partial charge in [0, 0.05) is 32.4 Å². The van der Waals surface area contributed by atoms with Crippen molar-refractivity contribution in [3.63, 3.8) is 0 Å². The van der Waals surface area contributed by atoms with Crippen molar-refractivity contribution in [2.75, 3.05) is 32.6 Å². The second kappa shape index (κ2) is 5.54. The van der Waals surface area contributed by atoms with E-state index in [-0.39, 0.29) is 11.3 Å². The van der Waals surface area contributed by atoms with Crippen LogP contribution in [0, 0.1) is 5.82 Å². The number of hydrogen-bond donors (Lipinski definition) is 2. The SMILES string of the molecule is COC1(CNC(=O)c2cc(F)ccc2N)CCOC1. The predicted molar refractivity (Wildman–Crippen MR) is 68.3 cm³/mol. The molecule has 3 N–H and O–H groups in total. The number of nitrogens with one attached hydrogen (secondary N) is 1. The van der Waals surface area contributed by atoms with Crippen LogP contribution in [-0.4, -0.2) is 38.4 Å². The summed E-state index contributed by atoms with van der Waals surface area (Å²) >= 11 is 0. The van der Waals surface area contributed by atoms with Gasteiger partial charge in [-0.2, -0.15) is 0 Å². The number of rotatable bonds is 4. The molecule has 0 saturated carbocycles. The Bertz CT molecular complexity index is 473. The summed E-state index contributed by atoms with van der Waals surface area (Å²) in [6, 6.07) is 3.71. The van der Waals surface area contributed by atoms with Gasteiger partial charge in [0.25, 0.3) is 5.91 Å². The van der Waals surface area contributed by atoms with Crippen molar-refractivity contribution in [2.24, 2.45) is 0 Å². The van der Waals surface area contributed by atoms with Gasteiger partial charge in [0.2, 0.25) is 0 Å². The molecule has 2 rings (SSSR count). The highest BCUT2D eigenvalue weighted by molar-refractivity contribution is 5.99. The molecule has 1 amide bonds. The fraction of sp³-hybridized carbons (Fsp3) is 0.462. The van der Waals surface area contributed by atoms with Crippen LogP contribution in [0.5, 0.6) is 0 Å². The topological polar surface area (TPSA) is 73.6 Å². The molecule has 0 spiro atoms. The van der Waals surface area contributed by atoms with Crippen LogP contribution in [0.1, 0.15) is 16.8 Å². The number of nitrogens with two attached hydrogens (primary N) is 1. The number of amides is 1. The third kappa shape index (κ3) is 3.02. The first-order valence-electron chi connectivity index (χ1n) is 6.02. The second-order valence-electron chi connectivity index (χ2n) is 4.60. The Morgan fingerprint density at radius 3 is 3.05 bits per heavy atom. The largest absolute Gasteiger partial charge is 0.398 e. The average molecular weight is 268 g/mol. The van der Waals surface area contributed by atoms with Crippen molar-refractivity contribution in [2.45, 2.75) is 12.0 Å². The summed E-state index contributed by atoms with van der Waals surface area (Å²) in [5.41, 5.74) is 5.53. The van der Waals surface area contributed by atoms with Crippen molar-refractivity contribution in [1.82, 2.24) is 5.32 Å². The Morgan fingerprint density at radius 2 is 2.42 bits per heavy atom. The van der Waals surface area contributed by atoms with Crippen LogP contribution in [0.4, 0.5) is 10.1 Å². The molecular weight excluding hydrogens is 251 g/mol. The number of anilines is 1. The summed E-state index contributed by atoms with van der Waals surface area (Å²) in [5.74, 6) is -0.912. The molecule has 0 aliphatic carbocycles. The van der Waals surface area contributed by atoms with E-state index in [1.54, 1.807) is 7.11 Å². The lowest BCUT2D eigenvalue weighted by Gasteiger charge is -2.25. The van der Waals surface area contributed by atoms with Crippen LogP contribution < -0.4 is 11.1 Å². The van der Waals surface area contributed by atoms with E-state index in [4.69, 9.17) is 15.2 Å². The van der Waals surface area contributed by atoms with Gasteiger partial charge in [-0.1, -0.05) is 0 Å². The molecule has 1 heterocycles. The molecule has 1 aliphatic heterocycles. The Kier molecular flexibility index (Phi) is 4.01. The highest BCUT2D eigenvalue weighted by Gasteiger charge is 2.35. The number of benzene rings is 1. The van der Waals surface area contributed by atoms with Crippen LogP contribution in [0.15, 0.2) is 18.2 Å². The molecule has 1 fully saturated rings. The molecule has 1 aromatic rings. The maximum absolute atomic E-state index is 13.1. The van der Waals surface area contributed by atoms with E-state index in [1.807, 2.05) is 0 Å². The van der Waals surface area contributed by atoms with Gasteiger partial charge in [-0.3, -0.25) is 4.79 Å². The van der Waals surface area contributed by atoms with Crippen molar-refractivity contribution >= 4 is 11.6 Å². The fourth-order valence-corrected chi connectivity index (χ4v) is 2.02. The molecule has 1 saturated heterocycles. The Morgan fingerprint density at radius 1 is 1.63 bits per heavy atom. The molecule has 1 aromatic carbocycles. The van der Waals surface area contributed by atoms with E-state index in [1.165, 1.54) is 12.1 Å². The average Bonchev–Trinajstić information content (AvgIpc) is 2.88. The van der Waals surface area contributed by atoms with Crippen LogP contribution in [0.25, 0.3) is 0 Å². The van der Waals surface area contributed by atoms with Gasteiger partial charge in [0.15, 0.2) is 0 Å². The van der Waals surface area contributed by atoms with Crippen molar-refractivity contribution < 1.29 is 18.7 Å². The zero-order chi connectivity index (χ0) is 13.9. The molecule has 0 aromatic heterocycles. The lowest BCUT2D eigenvalue weighted by atomic mass is 10.0. The van der Waals surface area contributed by atoms with E-state index in [0.29, 0.717) is 26.2 Å². The molecule has 19 heavy (non-hydrogen) atoms. The van der Waals surface area contributed by atoms with Gasteiger partial charge in [-0.25, -0.2) is 4.39 Å². The number of carbonyl (C=O) groups is 1. The summed E-state index contributed by atoms with van der Waals surface area (Å²) in [4.78, 5) is 12.0. The first-order valence-corrected chi connectivity index (χ1v) is 6.02. The van der Waals surface area contributed by atoms with Crippen LogP contribution in [0.2, 0.25) is 0 Å². The third-order valence-electron chi connectivity index (χ3n) is 3.33. The van der Waals surface area contributed by atoms with E-state index in [9.17, 15) is 9.18 Å². The lowest BCUT2D eigenvalue weighted by Crippen LogP contribution is -2.45. The summed E-state index contributed by atoms with van der Waals surface area (Å²) in [7, 11) is 1.58. The third-order valence-corrected chi connectivity index (χ3v) is 3.33. The molecule has 6 heteroatoms.